The van der Waals surface area contributed by atoms with Gasteiger partial charge < -0.3 is 9.64 Å². The van der Waals surface area contributed by atoms with E-state index in [2.05, 4.69) is 4.72 Å². The van der Waals surface area contributed by atoms with Gasteiger partial charge in [-0.15, -0.1) is 0 Å². The van der Waals surface area contributed by atoms with Crippen molar-refractivity contribution < 1.29 is 17.9 Å². The molecule has 1 saturated heterocycles. The Balaban J connectivity index is 1.92. The van der Waals surface area contributed by atoms with Gasteiger partial charge in [0.1, 0.15) is 5.75 Å². The molecule has 0 atom stereocenters. The number of anilines is 1. The number of likely N-dealkylation sites (tertiary alicyclic amines) is 1. The third kappa shape index (κ3) is 3.94. The molecule has 1 N–H and O–H groups in total. The Kier molecular flexibility index (Phi) is 5.38. The van der Waals surface area contributed by atoms with E-state index >= 15 is 0 Å². The van der Waals surface area contributed by atoms with Gasteiger partial charge in [-0.1, -0.05) is 11.6 Å². The molecule has 138 valence electrons. The van der Waals surface area contributed by atoms with Gasteiger partial charge in [-0.05, 0) is 55.3 Å². The Morgan fingerprint density at radius 3 is 2.38 bits per heavy atom. The van der Waals surface area contributed by atoms with E-state index in [0.717, 1.165) is 12.8 Å². The van der Waals surface area contributed by atoms with Crippen molar-refractivity contribution in [3.05, 3.63) is 53.1 Å². The summed E-state index contributed by atoms with van der Waals surface area (Å²) in [6.45, 7) is 1.33. The third-order valence-electron chi connectivity index (χ3n) is 4.22. The minimum absolute atomic E-state index is 0.0767. The highest BCUT2D eigenvalue weighted by molar-refractivity contribution is 7.92. The molecule has 26 heavy (non-hydrogen) atoms. The Bertz CT molecular complexity index is 907. The molecular weight excluding hydrogens is 376 g/mol. The number of rotatable bonds is 5. The van der Waals surface area contributed by atoms with Gasteiger partial charge in [-0.25, -0.2) is 8.42 Å². The van der Waals surface area contributed by atoms with Gasteiger partial charge in [0.25, 0.3) is 15.9 Å². The Morgan fingerprint density at radius 1 is 1.12 bits per heavy atom. The topological polar surface area (TPSA) is 75.7 Å². The van der Waals surface area contributed by atoms with Crippen LogP contribution >= 0.6 is 11.6 Å². The van der Waals surface area contributed by atoms with Crippen molar-refractivity contribution in [3.63, 3.8) is 0 Å². The maximum absolute atomic E-state index is 12.7. The molecular formula is C18H19ClN2O4S. The standard InChI is InChI=1S/C18H19ClN2O4S/c1-25-14-5-7-15(8-6-14)26(23,24)20-17-9-4-13(19)12-16(17)18(22)21-10-2-3-11-21/h4-9,12,20H,2-3,10-11H2,1H3. The van der Waals surface area contributed by atoms with Crippen LogP contribution in [0.25, 0.3) is 0 Å². The second-order valence-corrected chi connectivity index (χ2v) is 8.09. The van der Waals surface area contributed by atoms with E-state index in [1.807, 2.05) is 0 Å². The van der Waals surface area contributed by atoms with Crippen LogP contribution in [0.2, 0.25) is 5.02 Å². The molecule has 2 aromatic carbocycles. The fourth-order valence-electron chi connectivity index (χ4n) is 2.83. The van der Waals surface area contributed by atoms with E-state index in [1.165, 1.54) is 31.4 Å². The smallest absolute Gasteiger partial charge is 0.261 e. The Morgan fingerprint density at radius 2 is 1.77 bits per heavy atom. The number of nitrogens with zero attached hydrogens (tertiary/aromatic N) is 1. The number of hydrogen-bond donors (Lipinski definition) is 1. The van der Waals surface area contributed by atoms with Gasteiger partial charge in [0, 0.05) is 18.1 Å². The molecule has 8 heteroatoms. The summed E-state index contributed by atoms with van der Waals surface area (Å²) >= 11 is 6.03. The maximum Gasteiger partial charge on any atom is 0.261 e. The first-order valence-electron chi connectivity index (χ1n) is 8.16. The number of nitrogens with one attached hydrogen (secondary N) is 1. The minimum atomic E-state index is -3.85. The average molecular weight is 395 g/mol. The summed E-state index contributed by atoms with van der Waals surface area (Å²) in [6, 6.07) is 10.6. The first kappa shape index (κ1) is 18.5. The molecule has 1 heterocycles. The van der Waals surface area contributed by atoms with Gasteiger partial charge in [0.15, 0.2) is 0 Å². The Hall–Kier alpha value is -2.25. The summed E-state index contributed by atoms with van der Waals surface area (Å²) in [5.41, 5.74) is 0.457. The van der Waals surface area contributed by atoms with Crippen LogP contribution in [-0.2, 0) is 10.0 Å². The molecule has 1 aliphatic heterocycles. The fourth-order valence-corrected chi connectivity index (χ4v) is 4.08. The van der Waals surface area contributed by atoms with Crippen molar-refractivity contribution in [2.75, 3.05) is 24.9 Å². The molecule has 6 nitrogen and oxygen atoms in total. The predicted molar refractivity (Wildman–Crippen MR) is 100 cm³/mol. The van der Waals surface area contributed by atoms with E-state index in [-0.39, 0.29) is 22.1 Å². The monoisotopic (exact) mass is 394 g/mol. The number of methoxy groups -OCH3 is 1. The molecule has 1 aliphatic rings. The molecule has 0 bridgehead atoms. The van der Waals surface area contributed by atoms with Crippen LogP contribution in [0.4, 0.5) is 5.69 Å². The minimum Gasteiger partial charge on any atom is -0.497 e. The predicted octanol–water partition coefficient (Wildman–Crippen LogP) is 3.39. The highest BCUT2D eigenvalue weighted by Gasteiger charge is 2.24. The Labute approximate surface area is 157 Å². The van der Waals surface area contributed by atoms with Crippen LogP contribution in [0, 0.1) is 0 Å². The SMILES string of the molecule is COc1ccc(S(=O)(=O)Nc2ccc(Cl)cc2C(=O)N2CCCC2)cc1. The molecule has 1 fully saturated rings. The zero-order valence-corrected chi connectivity index (χ0v) is 15.8. The summed E-state index contributed by atoms with van der Waals surface area (Å²) in [4.78, 5) is 14.5. The number of ether oxygens (including phenoxy) is 1. The van der Waals surface area contributed by atoms with Crippen molar-refractivity contribution in [1.29, 1.82) is 0 Å². The zero-order chi connectivity index (χ0) is 18.7. The van der Waals surface area contributed by atoms with Gasteiger partial charge in [0.2, 0.25) is 0 Å². The number of carbonyl (C=O) groups excluding carboxylic acids is 1. The molecule has 0 radical (unpaired) electrons. The second-order valence-electron chi connectivity index (χ2n) is 5.97. The maximum atomic E-state index is 12.7. The van der Waals surface area contributed by atoms with E-state index in [1.54, 1.807) is 23.1 Å². The van der Waals surface area contributed by atoms with E-state index in [0.29, 0.717) is 23.9 Å². The van der Waals surface area contributed by atoms with Gasteiger partial charge in [-0.3, -0.25) is 9.52 Å². The van der Waals surface area contributed by atoms with E-state index in [9.17, 15) is 13.2 Å². The van der Waals surface area contributed by atoms with Crippen molar-refractivity contribution in [1.82, 2.24) is 4.90 Å². The third-order valence-corrected chi connectivity index (χ3v) is 5.84. The molecule has 1 amide bonds. The first-order valence-corrected chi connectivity index (χ1v) is 10.0. The molecule has 2 aromatic rings. The summed E-state index contributed by atoms with van der Waals surface area (Å²) in [6.07, 6.45) is 1.89. The van der Waals surface area contributed by atoms with Gasteiger partial charge >= 0.3 is 0 Å². The highest BCUT2D eigenvalue weighted by Crippen LogP contribution is 2.26. The van der Waals surface area contributed by atoms with Crippen LogP contribution in [-0.4, -0.2) is 39.4 Å². The average Bonchev–Trinajstić information content (AvgIpc) is 3.17. The number of hydrogen-bond acceptors (Lipinski definition) is 4. The zero-order valence-electron chi connectivity index (χ0n) is 14.2. The number of halogens is 1. The van der Waals surface area contributed by atoms with Crippen molar-refractivity contribution in [2.24, 2.45) is 0 Å². The molecule has 0 spiro atoms. The van der Waals surface area contributed by atoms with Crippen molar-refractivity contribution >= 4 is 33.2 Å². The van der Waals surface area contributed by atoms with Crippen molar-refractivity contribution in [2.45, 2.75) is 17.7 Å². The summed E-state index contributed by atoms with van der Waals surface area (Å²) in [7, 11) is -2.34. The van der Waals surface area contributed by atoms with E-state index in [4.69, 9.17) is 16.3 Å². The lowest BCUT2D eigenvalue weighted by Crippen LogP contribution is -2.29. The molecule has 0 unspecified atom stereocenters. The summed E-state index contributed by atoms with van der Waals surface area (Å²) < 4.78 is 32.9. The van der Waals surface area contributed by atoms with Crippen LogP contribution in [0.15, 0.2) is 47.4 Å². The van der Waals surface area contributed by atoms with E-state index < -0.39 is 10.0 Å². The number of amides is 1. The quantitative estimate of drug-likeness (QED) is 0.843. The highest BCUT2D eigenvalue weighted by atomic mass is 35.5. The largest absolute Gasteiger partial charge is 0.497 e. The second kappa shape index (κ2) is 7.55. The summed E-state index contributed by atoms with van der Waals surface area (Å²) in [5.74, 6) is 0.331. The number of carbonyl (C=O) groups is 1. The normalized spacial score (nSPS) is 14.3. The fraction of sp³-hybridized carbons (Fsp3) is 0.278. The van der Waals surface area contributed by atoms with Crippen molar-refractivity contribution in [3.8, 4) is 5.75 Å². The van der Waals surface area contributed by atoms with Gasteiger partial charge in [-0.2, -0.15) is 0 Å². The molecule has 0 aromatic heterocycles. The van der Waals surface area contributed by atoms with Gasteiger partial charge in [0.05, 0.1) is 23.3 Å². The van der Waals surface area contributed by atoms with Crippen LogP contribution in [0.5, 0.6) is 5.75 Å². The lowest BCUT2D eigenvalue weighted by molar-refractivity contribution is 0.0794. The lowest BCUT2D eigenvalue weighted by atomic mass is 10.1. The van der Waals surface area contributed by atoms with Crippen LogP contribution in [0.3, 0.4) is 0 Å². The lowest BCUT2D eigenvalue weighted by Gasteiger charge is -2.18. The molecule has 0 saturated carbocycles. The molecule has 0 aliphatic carbocycles. The van der Waals surface area contributed by atoms with Crippen LogP contribution in [0.1, 0.15) is 23.2 Å². The first-order chi connectivity index (χ1) is 12.4. The number of benzene rings is 2. The summed E-state index contributed by atoms with van der Waals surface area (Å²) in [5, 5.41) is 0.375. The van der Waals surface area contributed by atoms with Crippen LogP contribution < -0.4 is 9.46 Å². The number of sulfonamides is 1. The molecule has 3 rings (SSSR count).